The minimum absolute atomic E-state index is 0.250. The predicted molar refractivity (Wildman–Crippen MR) is 129 cm³/mol. The van der Waals surface area contributed by atoms with Crippen LogP contribution in [0.2, 0.25) is 0 Å². The molecule has 0 aliphatic carbocycles. The number of benzene rings is 2. The van der Waals surface area contributed by atoms with Gasteiger partial charge in [0.05, 0.1) is 12.2 Å². The Morgan fingerprint density at radius 1 is 1.06 bits per heavy atom. The maximum absolute atomic E-state index is 12.9. The van der Waals surface area contributed by atoms with Gasteiger partial charge in [-0.15, -0.1) is 0 Å². The maximum Gasteiger partial charge on any atom is 0.321 e. The number of thiazole rings is 1. The second-order valence-corrected chi connectivity index (χ2v) is 8.99. The Morgan fingerprint density at radius 2 is 1.76 bits per heavy atom. The van der Waals surface area contributed by atoms with Gasteiger partial charge in [-0.05, 0) is 51.0 Å². The van der Waals surface area contributed by atoms with Crippen molar-refractivity contribution in [2.45, 2.75) is 33.8 Å². The number of urea groups is 1. The van der Waals surface area contributed by atoms with Gasteiger partial charge in [0, 0.05) is 5.69 Å². The lowest BCUT2D eigenvalue weighted by Crippen LogP contribution is -2.42. The van der Waals surface area contributed by atoms with Gasteiger partial charge in [-0.25, -0.2) is 9.78 Å². The number of aryl methyl sites for hydroxylation is 4. The van der Waals surface area contributed by atoms with Gasteiger partial charge >= 0.3 is 6.03 Å². The van der Waals surface area contributed by atoms with Crippen molar-refractivity contribution >= 4 is 34.1 Å². The molecule has 3 aromatic rings. The van der Waals surface area contributed by atoms with Gasteiger partial charge in [-0.3, -0.25) is 10.1 Å². The highest BCUT2D eigenvalue weighted by atomic mass is 32.1. The first-order valence-corrected chi connectivity index (χ1v) is 11.4. The number of carbonyl (C=O) groups is 2. The molecule has 0 saturated heterocycles. The van der Waals surface area contributed by atoms with Crippen LogP contribution in [0, 0.1) is 27.7 Å². The minimum Gasteiger partial charge on any atom is -0.486 e. The van der Waals surface area contributed by atoms with E-state index in [9.17, 15) is 9.59 Å². The SMILES string of the molecule is Cc1cc(C)c(NC(=O)c2sc(NC(=O)NCC3COc4ccccc4O3)nc2C)c(C)c1. The summed E-state index contributed by atoms with van der Waals surface area (Å²) in [5, 5.41) is 8.78. The molecule has 1 aromatic heterocycles. The number of aromatic nitrogens is 1. The van der Waals surface area contributed by atoms with Crippen LogP contribution in [0.5, 0.6) is 11.5 Å². The van der Waals surface area contributed by atoms with Crippen molar-refractivity contribution in [1.82, 2.24) is 10.3 Å². The van der Waals surface area contributed by atoms with Gasteiger partial charge in [0.15, 0.2) is 22.7 Å². The lowest BCUT2D eigenvalue weighted by Gasteiger charge is -2.26. The van der Waals surface area contributed by atoms with Crippen LogP contribution in [0.15, 0.2) is 36.4 Å². The molecule has 8 nitrogen and oxygen atoms in total. The average Bonchev–Trinajstić information content (AvgIpc) is 3.14. The molecule has 0 radical (unpaired) electrons. The number of fused-ring (bicyclic) bond motifs is 1. The summed E-state index contributed by atoms with van der Waals surface area (Å²) >= 11 is 1.13. The molecule has 172 valence electrons. The summed E-state index contributed by atoms with van der Waals surface area (Å²) in [7, 11) is 0. The van der Waals surface area contributed by atoms with Crippen molar-refractivity contribution in [3.63, 3.8) is 0 Å². The lowest BCUT2D eigenvalue weighted by atomic mass is 10.1. The summed E-state index contributed by atoms with van der Waals surface area (Å²) < 4.78 is 11.5. The molecule has 33 heavy (non-hydrogen) atoms. The molecule has 9 heteroatoms. The Balaban J connectivity index is 1.34. The van der Waals surface area contributed by atoms with Crippen molar-refractivity contribution in [2.75, 3.05) is 23.8 Å². The summed E-state index contributed by atoms with van der Waals surface area (Å²) in [5.74, 6) is 1.10. The summed E-state index contributed by atoms with van der Waals surface area (Å²) in [6.07, 6.45) is -0.300. The van der Waals surface area contributed by atoms with Crippen LogP contribution in [-0.4, -0.2) is 36.2 Å². The Labute approximate surface area is 196 Å². The van der Waals surface area contributed by atoms with E-state index in [1.807, 2.05) is 57.2 Å². The largest absolute Gasteiger partial charge is 0.486 e. The molecule has 0 saturated carbocycles. The van der Waals surface area contributed by atoms with Gasteiger partial charge in [0.2, 0.25) is 0 Å². The number of rotatable bonds is 5. The van der Waals surface area contributed by atoms with Crippen LogP contribution < -0.4 is 25.4 Å². The molecule has 1 unspecified atom stereocenters. The van der Waals surface area contributed by atoms with Crippen molar-refractivity contribution < 1.29 is 19.1 Å². The van der Waals surface area contributed by atoms with E-state index in [0.717, 1.165) is 33.7 Å². The summed E-state index contributed by atoms with van der Waals surface area (Å²) in [5.41, 5.74) is 4.48. The summed E-state index contributed by atoms with van der Waals surface area (Å²) in [6, 6.07) is 11.0. The highest BCUT2D eigenvalue weighted by molar-refractivity contribution is 7.17. The number of hydrogen-bond donors (Lipinski definition) is 3. The Morgan fingerprint density at radius 3 is 2.48 bits per heavy atom. The number of para-hydroxylation sites is 2. The van der Waals surface area contributed by atoms with Crippen LogP contribution in [0.4, 0.5) is 15.6 Å². The molecule has 2 aromatic carbocycles. The Bertz CT molecular complexity index is 1180. The Kier molecular flexibility index (Phi) is 6.50. The van der Waals surface area contributed by atoms with Crippen LogP contribution in [0.25, 0.3) is 0 Å². The smallest absolute Gasteiger partial charge is 0.321 e. The third-order valence-electron chi connectivity index (χ3n) is 5.20. The number of carbonyl (C=O) groups excluding carboxylic acids is 2. The number of ether oxygens (including phenoxy) is 2. The fourth-order valence-electron chi connectivity index (χ4n) is 3.72. The van der Waals surface area contributed by atoms with Crippen LogP contribution in [-0.2, 0) is 0 Å². The maximum atomic E-state index is 12.9. The molecule has 0 spiro atoms. The van der Waals surface area contributed by atoms with E-state index >= 15 is 0 Å². The van der Waals surface area contributed by atoms with E-state index in [2.05, 4.69) is 20.9 Å². The predicted octanol–water partition coefficient (Wildman–Crippen LogP) is 4.59. The third-order valence-corrected chi connectivity index (χ3v) is 6.27. The number of anilines is 2. The third kappa shape index (κ3) is 5.25. The monoisotopic (exact) mass is 466 g/mol. The molecule has 1 aliphatic heterocycles. The molecule has 0 fully saturated rings. The normalized spacial score (nSPS) is 14.5. The van der Waals surface area contributed by atoms with E-state index in [4.69, 9.17) is 9.47 Å². The van der Waals surface area contributed by atoms with E-state index < -0.39 is 6.03 Å². The number of hydrogen-bond acceptors (Lipinski definition) is 6. The summed E-state index contributed by atoms with van der Waals surface area (Å²) in [6.45, 7) is 8.31. The molecule has 2 heterocycles. The number of nitrogens with zero attached hydrogens (tertiary/aromatic N) is 1. The molecule has 1 atom stereocenters. The lowest BCUT2D eigenvalue weighted by molar-refractivity contribution is 0.0922. The average molecular weight is 467 g/mol. The summed E-state index contributed by atoms with van der Waals surface area (Å²) in [4.78, 5) is 30.0. The van der Waals surface area contributed by atoms with E-state index in [-0.39, 0.29) is 18.6 Å². The molecule has 3 amide bonds. The van der Waals surface area contributed by atoms with Gasteiger partial charge in [-0.1, -0.05) is 41.2 Å². The number of amides is 3. The quantitative estimate of drug-likeness (QED) is 0.511. The van der Waals surface area contributed by atoms with Gasteiger partial charge in [0.25, 0.3) is 5.91 Å². The fraction of sp³-hybridized carbons (Fsp3) is 0.292. The van der Waals surface area contributed by atoms with Crippen LogP contribution in [0.3, 0.4) is 0 Å². The van der Waals surface area contributed by atoms with Crippen molar-refractivity contribution in [2.24, 2.45) is 0 Å². The molecule has 3 N–H and O–H groups in total. The minimum atomic E-state index is -0.427. The molecular weight excluding hydrogens is 440 g/mol. The highest BCUT2D eigenvalue weighted by Crippen LogP contribution is 2.31. The van der Waals surface area contributed by atoms with E-state index in [0.29, 0.717) is 33.8 Å². The zero-order chi connectivity index (χ0) is 23.5. The topological polar surface area (TPSA) is 102 Å². The van der Waals surface area contributed by atoms with Crippen molar-refractivity contribution in [1.29, 1.82) is 0 Å². The first-order chi connectivity index (χ1) is 15.8. The molecule has 0 bridgehead atoms. The van der Waals surface area contributed by atoms with Crippen molar-refractivity contribution in [3.8, 4) is 11.5 Å². The second kappa shape index (κ2) is 9.50. The van der Waals surface area contributed by atoms with Crippen LogP contribution in [0.1, 0.15) is 32.1 Å². The van der Waals surface area contributed by atoms with Crippen LogP contribution >= 0.6 is 11.3 Å². The molecule has 1 aliphatic rings. The zero-order valence-electron chi connectivity index (χ0n) is 18.9. The Hall–Kier alpha value is -3.59. The van der Waals surface area contributed by atoms with E-state index in [1.54, 1.807) is 6.92 Å². The molecular formula is C24H26N4O4S. The van der Waals surface area contributed by atoms with Gasteiger partial charge in [-0.2, -0.15) is 0 Å². The standard InChI is InChI=1S/C24H26N4O4S/c1-13-9-14(2)20(15(3)10-13)27-22(29)21-16(4)26-24(33-21)28-23(30)25-11-17-12-31-18-7-5-6-8-19(18)32-17/h5-10,17H,11-12H2,1-4H3,(H,27,29)(H2,25,26,28,30). The van der Waals surface area contributed by atoms with Crippen molar-refractivity contribution in [3.05, 3.63) is 63.7 Å². The highest BCUT2D eigenvalue weighted by Gasteiger charge is 2.22. The first-order valence-electron chi connectivity index (χ1n) is 10.6. The fourth-order valence-corrected chi connectivity index (χ4v) is 4.58. The first kappa shape index (κ1) is 22.6. The van der Waals surface area contributed by atoms with Gasteiger partial charge < -0.3 is 20.1 Å². The van der Waals surface area contributed by atoms with Gasteiger partial charge in [0.1, 0.15) is 11.5 Å². The number of nitrogens with one attached hydrogen (secondary N) is 3. The van der Waals surface area contributed by atoms with E-state index in [1.165, 1.54) is 0 Å². The zero-order valence-corrected chi connectivity index (χ0v) is 19.8. The molecule has 4 rings (SSSR count). The second-order valence-electron chi connectivity index (χ2n) is 7.99.